The van der Waals surface area contributed by atoms with Crippen LogP contribution in [0.25, 0.3) is 10.9 Å². The lowest BCUT2D eigenvalue weighted by Crippen LogP contribution is -2.43. The molecule has 6 nitrogen and oxygen atoms in total. The summed E-state index contributed by atoms with van der Waals surface area (Å²) in [5.41, 5.74) is 3.54. The van der Waals surface area contributed by atoms with E-state index in [9.17, 15) is 9.59 Å². The molecule has 2 aromatic rings. The monoisotopic (exact) mass is 455 g/mol. The minimum Gasteiger partial charge on any atom is -0.444 e. The molecular formula is C27H41N3O3. The second-order valence-electron chi connectivity index (χ2n) is 10.5. The zero-order valence-electron chi connectivity index (χ0n) is 21.2. The Hall–Kier alpha value is -2.50. The van der Waals surface area contributed by atoms with Crippen molar-refractivity contribution < 1.29 is 14.3 Å². The van der Waals surface area contributed by atoms with Crippen molar-refractivity contribution in [2.24, 2.45) is 5.92 Å². The molecule has 1 atom stereocenters. The van der Waals surface area contributed by atoms with Crippen LogP contribution in [0.5, 0.6) is 0 Å². The Morgan fingerprint density at radius 1 is 1.12 bits per heavy atom. The molecule has 1 unspecified atom stereocenters. The number of fused-ring (bicyclic) bond motifs is 3. The van der Waals surface area contributed by atoms with Crippen LogP contribution in [0.15, 0.2) is 24.3 Å². The topological polar surface area (TPSA) is 65.6 Å². The van der Waals surface area contributed by atoms with Crippen LogP contribution >= 0.6 is 0 Å². The number of carbonyl (C=O) groups excluding carboxylic acids is 2. The molecule has 2 aliphatic rings. The number of nitrogens with one attached hydrogen (secondary N) is 1. The molecule has 4 rings (SSSR count). The number of amides is 2. The van der Waals surface area contributed by atoms with Gasteiger partial charge in [-0.3, -0.25) is 4.79 Å². The van der Waals surface area contributed by atoms with Gasteiger partial charge in [0.1, 0.15) is 5.60 Å². The van der Waals surface area contributed by atoms with Crippen LogP contribution < -0.4 is 0 Å². The number of carbonyl (C=O) groups is 2. The summed E-state index contributed by atoms with van der Waals surface area (Å²) < 4.78 is 4.99. The molecule has 0 spiro atoms. The molecule has 1 N–H and O–H groups in total. The van der Waals surface area contributed by atoms with Crippen LogP contribution in [-0.2, 0) is 16.0 Å². The minimum atomic E-state index is -0.388. The van der Waals surface area contributed by atoms with Gasteiger partial charge in [-0.25, -0.2) is 4.79 Å². The zero-order chi connectivity index (χ0) is 24.2. The second kappa shape index (κ2) is 10.6. The average molecular weight is 456 g/mol. The van der Waals surface area contributed by atoms with Crippen LogP contribution in [0.1, 0.15) is 83.5 Å². The predicted octanol–water partition coefficient (Wildman–Crippen LogP) is 6.07. The number of benzene rings is 1. The standard InChI is InChI=1S/C20H26N2O.C7H15NO2/c1-2-18-19-16(15-10-6-7-11-17(15)21-19)12-13-22(18)20(23)14-8-4-3-5-9-14;1-7(2,3)10-6(9)8(4)5/h6-7,10-11,14,18,21H,2-5,8-9,12-13H2,1H3;1-5H3. The van der Waals surface area contributed by atoms with Gasteiger partial charge in [0.25, 0.3) is 0 Å². The summed E-state index contributed by atoms with van der Waals surface area (Å²) in [6.45, 7) is 8.60. The normalized spacial score (nSPS) is 18.8. The molecular weight excluding hydrogens is 414 g/mol. The van der Waals surface area contributed by atoms with Crippen molar-refractivity contribution in [3.05, 3.63) is 35.5 Å². The number of para-hydroxylation sites is 1. The van der Waals surface area contributed by atoms with Crippen LogP contribution in [0.3, 0.4) is 0 Å². The number of aromatic amines is 1. The molecule has 2 heterocycles. The zero-order valence-corrected chi connectivity index (χ0v) is 21.2. The van der Waals surface area contributed by atoms with Gasteiger partial charge in [-0.1, -0.05) is 44.4 Å². The Labute approximate surface area is 198 Å². The van der Waals surface area contributed by atoms with Crippen LogP contribution in [-0.4, -0.2) is 53.0 Å². The smallest absolute Gasteiger partial charge is 0.409 e. The van der Waals surface area contributed by atoms with Crippen molar-refractivity contribution in [3.63, 3.8) is 0 Å². The third kappa shape index (κ3) is 6.10. The maximum atomic E-state index is 13.1. The van der Waals surface area contributed by atoms with Crippen molar-refractivity contribution in [1.29, 1.82) is 0 Å². The van der Waals surface area contributed by atoms with E-state index in [4.69, 9.17) is 4.74 Å². The highest BCUT2D eigenvalue weighted by Crippen LogP contribution is 2.38. The molecule has 1 aromatic carbocycles. The highest BCUT2D eigenvalue weighted by Gasteiger charge is 2.35. The van der Waals surface area contributed by atoms with E-state index in [0.717, 1.165) is 32.2 Å². The third-order valence-corrected chi connectivity index (χ3v) is 6.54. The highest BCUT2D eigenvalue weighted by atomic mass is 16.6. The van der Waals surface area contributed by atoms with E-state index in [1.165, 1.54) is 46.3 Å². The molecule has 6 heteroatoms. The summed E-state index contributed by atoms with van der Waals surface area (Å²) in [4.78, 5) is 31.1. The van der Waals surface area contributed by atoms with Gasteiger partial charge in [-0.2, -0.15) is 0 Å². The summed E-state index contributed by atoms with van der Waals surface area (Å²) in [6.07, 6.45) is 7.58. The summed E-state index contributed by atoms with van der Waals surface area (Å²) in [7, 11) is 3.32. The van der Waals surface area contributed by atoms with Crippen molar-refractivity contribution in [2.45, 2.75) is 84.3 Å². The third-order valence-electron chi connectivity index (χ3n) is 6.54. The first-order chi connectivity index (χ1) is 15.6. The van der Waals surface area contributed by atoms with Crippen molar-refractivity contribution >= 4 is 22.9 Å². The number of hydrogen-bond donors (Lipinski definition) is 1. The summed E-state index contributed by atoms with van der Waals surface area (Å²) in [6, 6.07) is 8.76. The number of hydrogen-bond acceptors (Lipinski definition) is 3. The highest BCUT2D eigenvalue weighted by molar-refractivity contribution is 5.86. The number of nitrogens with zero attached hydrogens (tertiary/aromatic N) is 2. The number of rotatable bonds is 2. The average Bonchev–Trinajstić information content (AvgIpc) is 3.16. The molecule has 2 amide bonds. The molecule has 182 valence electrons. The van der Waals surface area contributed by atoms with Crippen molar-refractivity contribution in [3.8, 4) is 0 Å². The molecule has 1 aliphatic heterocycles. The molecule has 1 fully saturated rings. The maximum absolute atomic E-state index is 13.1. The van der Waals surface area contributed by atoms with Crippen LogP contribution in [0, 0.1) is 5.92 Å². The fourth-order valence-corrected chi connectivity index (χ4v) is 4.94. The van der Waals surface area contributed by atoms with Gasteiger partial charge in [0, 0.05) is 43.2 Å². The van der Waals surface area contributed by atoms with Gasteiger partial charge in [0.05, 0.1) is 6.04 Å². The molecule has 1 aromatic heterocycles. The van der Waals surface area contributed by atoms with E-state index in [1.54, 1.807) is 14.1 Å². The van der Waals surface area contributed by atoms with Crippen molar-refractivity contribution in [2.75, 3.05) is 20.6 Å². The van der Waals surface area contributed by atoms with Crippen LogP contribution in [0.2, 0.25) is 0 Å². The molecule has 0 radical (unpaired) electrons. The summed E-state index contributed by atoms with van der Waals surface area (Å²) >= 11 is 0. The molecule has 33 heavy (non-hydrogen) atoms. The predicted molar refractivity (Wildman–Crippen MR) is 133 cm³/mol. The molecule has 0 bridgehead atoms. The van der Waals surface area contributed by atoms with E-state index in [0.29, 0.717) is 5.91 Å². The Balaban J connectivity index is 0.000000262. The van der Waals surface area contributed by atoms with Gasteiger partial charge < -0.3 is 19.5 Å². The Morgan fingerprint density at radius 3 is 2.36 bits per heavy atom. The SMILES string of the molecule is CCC1c2[nH]c3ccccc3c2CCN1C(=O)C1CCCCC1.CN(C)C(=O)OC(C)(C)C. The van der Waals surface area contributed by atoms with Gasteiger partial charge in [-0.05, 0) is 58.1 Å². The lowest BCUT2D eigenvalue weighted by Gasteiger charge is -2.38. The van der Waals surface area contributed by atoms with Gasteiger partial charge in [0.2, 0.25) is 5.91 Å². The minimum absolute atomic E-state index is 0.223. The van der Waals surface area contributed by atoms with E-state index in [-0.39, 0.29) is 23.7 Å². The first kappa shape index (κ1) is 25.1. The first-order valence-corrected chi connectivity index (χ1v) is 12.4. The first-order valence-electron chi connectivity index (χ1n) is 12.4. The quantitative estimate of drug-likeness (QED) is 0.598. The number of aromatic nitrogens is 1. The second-order valence-corrected chi connectivity index (χ2v) is 10.5. The summed E-state index contributed by atoms with van der Waals surface area (Å²) in [5, 5.41) is 1.34. The Bertz CT molecular complexity index is 951. The van der Waals surface area contributed by atoms with E-state index in [1.807, 2.05) is 20.8 Å². The summed E-state index contributed by atoms with van der Waals surface area (Å²) in [5.74, 6) is 0.671. The lowest BCUT2D eigenvalue weighted by atomic mass is 9.86. The van der Waals surface area contributed by atoms with Gasteiger partial charge in [-0.15, -0.1) is 0 Å². The molecule has 1 saturated carbocycles. The number of ether oxygens (including phenoxy) is 1. The van der Waals surface area contributed by atoms with E-state index < -0.39 is 0 Å². The maximum Gasteiger partial charge on any atom is 0.409 e. The Kier molecular flexibility index (Phi) is 8.09. The fraction of sp³-hybridized carbons (Fsp3) is 0.630. The Morgan fingerprint density at radius 2 is 1.79 bits per heavy atom. The van der Waals surface area contributed by atoms with E-state index >= 15 is 0 Å². The molecule has 1 aliphatic carbocycles. The van der Waals surface area contributed by atoms with Crippen LogP contribution in [0.4, 0.5) is 4.79 Å². The van der Waals surface area contributed by atoms with Gasteiger partial charge in [0.15, 0.2) is 0 Å². The van der Waals surface area contributed by atoms with Gasteiger partial charge >= 0.3 is 6.09 Å². The van der Waals surface area contributed by atoms with E-state index in [2.05, 4.69) is 41.1 Å². The lowest BCUT2D eigenvalue weighted by molar-refractivity contribution is -0.139. The molecule has 0 saturated heterocycles. The number of H-pyrrole nitrogens is 1. The fourth-order valence-electron chi connectivity index (χ4n) is 4.94. The largest absolute Gasteiger partial charge is 0.444 e. The van der Waals surface area contributed by atoms with Crippen molar-refractivity contribution in [1.82, 2.24) is 14.8 Å².